The van der Waals surface area contributed by atoms with Crippen LogP contribution in [0.2, 0.25) is 0 Å². The molecule has 3 rings (SSSR count). The molecule has 0 aromatic heterocycles. The minimum atomic E-state index is -0.116. The highest BCUT2D eigenvalue weighted by Gasteiger charge is 2.35. The van der Waals surface area contributed by atoms with Crippen molar-refractivity contribution >= 4 is 11.9 Å². The van der Waals surface area contributed by atoms with Gasteiger partial charge in [0.2, 0.25) is 0 Å². The van der Waals surface area contributed by atoms with Crippen molar-refractivity contribution in [2.45, 2.75) is 63.5 Å². The van der Waals surface area contributed by atoms with Crippen molar-refractivity contribution in [1.82, 2.24) is 10.6 Å². The molecule has 1 heterocycles. The van der Waals surface area contributed by atoms with Gasteiger partial charge >= 0.3 is 0 Å². The highest BCUT2D eigenvalue weighted by molar-refractivity contribution is 6.05. The molecule has 17 heavy (non-hydrogen) atoms. The van der Waals surface area contributed by atoms with Gasteiger partial charge in [-0.25, -0.2) is 4.99 Å². The molecule has 0 aromatic rings. The topological polar surface area (TPSA) is 53.5 Å². The summed E-state index contributed by atoms with van der Waals surface area (Å²) in [6, 6.07) is 0.441. The summed E-state index contributed by atoms with van der Waals surface area (Å²) in [6.45, 7) is 0. The molecule has 1 amide bonds. The highest BCUT2D eigenvalue weighted by atomic mass is 16.2. The fraction of sp³-hybridized carbons (Fsp3) is 0.846. The Morgan fingerprint density at radius 2 is 1.76 bits per heavy atom. The zero-order valence-electron chi connectivity index (χ0n) is 10.2. The molecule has 2 aliphatic carbocycles. The number of nitrogens with one attached hydrogen (secondary N) is 2. The average molecular weight is 235 g/mol. The smallest absolute Gasteiger partial charge is 0.251 e. The van der Waals surface area contributed by atoms with Crippen molar-refractivity contribution in [3.05, 3.63) is 0 Å². The van der Waals surface area contributed by atoms with Gasteiger partial charge in [-0.2, -0.15) is 0 Å². The molecule has 1 aliphatic heterocycles. The number of hydrogen-bond donors (Lipinski definition) is 2. The van der Waals surface area contributed by atoms with Crippen LogP contribution in [0.15, 0.2) is 4.99 Å². The highest BCUT2D eigenvalue weighted by Crippen LogP contribution is 2.28. The number of aliphatic imine (C=N–C) groups is 1. The Bertz CT molecular complexity index is 328. The van der Waals surface area contributed by atoms with Crippen LogP contribution in [0.3, 0.4) is 0 Å². The van der Waals surface area contributed by atoms with Gasteiger partial charge in [0.15, 0.2) is 5.96 Å². The quantitative estimate of drug-likeness (QED) is 0.714. The lowest BCUT2D eigenvalue weighted by atomic mass is 9.92. The van der Waals surface area contributed by atoms with Crippen LogP contribution in [-0.4, -0.2) is 24.0 Å². The van der Waals surface area contributed by atoms with Crippen molar-refractivity contribution in [1.29, 1.82) is 0 Å². The summed E-state index contributed by atoms with van der Waals surface area (Å²) in [5.41, 5.74) is 0. The zero-order valence-corrected chi connectivity index (χ0v) is 10.2. The van der Waals surface area contributed by atoms with Gasteiger partial charge in [0.05, 0.1) is 0 Å². The summed E-state index contributed by atoms with van der Waals surface area (Å²) in [7, 11) is 0. The predicted molar refractivity (Wildman–Crippen MR) is 66.7 cm³/mol. The number of carbonyl (C=O) groups is 1. The van der Waals surface area contributed by atoms with Crippen molar-refractivity contribution in [2.75, 3.05) is 0 Å². The van der Waals surface area contributed by atoms with Crippen LogP contribution in [0.5, 0.6) is 0 Å². The summed E-state index contributed by atoms with van der Waals surface area (Å²) in [4.78, 5) is 16.5. The first-order valence-electron chi connectivity index (χ1n) is 6.98. The second kappa shape index (κ2) is 4.67. The van der Waals surface area contributed by atoms with E-state index >= 15 is 0 Å². The third-order valence-corrected chi connectivity index (χ3v) is 4.04. The molecule has 2 saturated carbocycles. The number of carbonyl (C=O) groups excluding carboxylic acids is 1. The molecule has 0 aromatic carbocycles. The second-order valence-electron chi connectivity index (χ2n) is 5.58. The molecule has 1 unspecified atom stereocenters. The van der Waals surface area contributed by atoms with Crippen LogP contribution >= 0.6 is 0 Å². The first-order valence-corrected chi connectivity index (χ1v) is 6.98. The monoisotopic (exact) mass is 235 g/mol. The van der Waals surface area contributed by atoms with E-state index < -0.39 is 0 Å². The maximum absolute atomic E-state index is 11.9. The largest absolute Gasteiger partial charge is 0.353 e. The van der Waals surface area contributed by atoms with Crippen LogP contribution in [0.25, 0.3) is 0 Å². The molecule has 0 bridgehead atoms. The SMILES string of the molecule is O=C1NC(NC2CC2)=NC1C1CCCCCC1. The van der Waals surface area contributed by atoms with Crippen LogP contribution < -0.4 is 10.6 Å². The average Bonchev–Trinajstić information content (AvgIpc) is 3.07. The lowest BCUT2D eigenvalue weighted by molar-refractivity contribution is -0.121. The minimum Gasteiger partial charge on any atom is -0.353 e. The van der Waals surface area contributed by atoms with E-state index in [9.17, 15) is 4.79 Å². The fourth-order valence-corrected chi connectivity index (χ4v) is 2.86. The van der Waals surface area contributed by atoms with E-state index in [0.717, 1.165) is 18.8 Å². The second-order valence-corrected chi connectivity index (χ2v) is 5.58. The van der Waals surface area contributed by atoms with Gasteiger partial charge in [-0.15, -0.1) is 0 Å². The first-order chi connectivity index (χ1) is 8.33. The van der Waals surface area contributed by atoms with E-state index in [4.69, 9.17) is 0 Å². The Kier molecular flexibility index (Phi) is 3.04. The van der Waals surface area contributed by atoms with E-state index in [1.54, 1.807) is 0 Å². The van der Waals surface area contributed by atoms with Gasteiger partial charge < -0.3 is 5.32 Å². The summed E-state index contributed by atoms with van der Waals surface area (Å²) in [5.74, 6) is 1.31. The Labute approximate surface area is 102 Å². The van der Waals surface area contributed by atoms with Gasteiger partial charge in [-0.05, 0) is 31.6 Å². The molecule has 0 saturated heterocycles. The number of nitrogens with zero attached hydrogens (tertiary/aromatic N) is 1. The van der Waals surface area contributed by atoms with Crippen molar-refractivity contribution in [3.8, 4) is 0 Å². The molecule has 3 aliphatic rings. The lowest BCUT2D eigenvalue weighted by Gasteiger charge is -2.16. The summed E-state index contributed by atoms with van der Waals surface area (Å²) in [5, 5.41) is 6.18. The summed E-state index contributed by atoms with van der Waals surface area (Å²) >= 11 is 0. The maximum Gasteiger partial charge on any atom is 0.251 e. The third-order valence-electron chi connectivity index (χ3n) is 4.04. The third kappa shape index (κ3) is 2.61. The molecular weight excluding hydrogens is 214 g/mol. The zero-order chi connectivity index (χ0) is 11.7. The summed E-state index contributed by atoms with van der Waals surface area (Å²) in [6.07, 6.45) is 9.91. The lowest BCUT2D eigenvalue weighted by Crippen LogP contribution is -2.39. The molecular formula is C13H21N3O. The van der Waals surface area contributed by atoms with Gasteiger partial charge in [0.1, 0.15) is 6.04 Å². The molecule has 2 N–H and O–H groups in total. The van der Waals surface area contributed by atoms with E-state index in [1.807, 2.05) is 0 Å². The van der Waals surface area contributed by atoms with Crippen LogP contribution in [0.1, 0.15) is 51.4 Å². The Balaban J connectivity index is 1.63. The predicted octanol–water partition coefficient (Wildman–Crippen LogP) is 1.56. The normalized spacial score (nSPS) is 30.7. The Morgan fingerprint density at radius 1 is 1.06 bits per heavy atom. The van der Waals surface area contributed by atoms with Crippen LogP contribution in [0, 0.1) is 5.92 Å². The number of amides is 1. The van der Waals surface area contributed by atoms with Crippen molar-refractivity contribution < 1.29 is 4.79 Å². The molecule has 1 atom stereocenters. The molecule has 94 valence electrons. The minimum absolute atomic E-state index is 0.111. The van der Waals surface area contributed by atoms with Gasteiger partial charge in [0.25, 0.3) is 5.91 Å². The van der Waals surface area contributed by atoms with Gasteiger partial charge in [-0.1, -0.05) is 25.7 Å². The molecule has 4 heteroatoms. The van der Waals surface area contributed by atoms with Crippen molar-refractivity contribution in [3.63, 3.8) is 0 Å². The maximum atomic E-state index is 11.9. The molecule has 2 fully saturated rings. The van der Waals surface area contributed by atoms with Crippen LogP contribution in [-0.2, 0) is 4.79 Å². The standard InChI is InChI=1S/C13H21N3O/c17-12-11(9-5-3-1-2-4-6-9)15-13(16-12)14-10-7-8-10/h9-11H,1-8H2,(H2,14,15,16,17). The van der Waals surface area contributed by atoms with Gasteiger partial charge in [-0.3, -0.25) is 10.1 Å². The van der Waals surface area contributed by atoms with E-state index in [0.29, 0.717) is 12.0 Å². The molecule has 0 spiro atoms. The van der Waals surface area contributed by atoms with E-state index in [1.165, 1.54) is 38.5 Å². The number of hydrogen-bond acceptors (Lipinski definition) is 3. The molecule has 0 radical (unpaired) electrons. The van der Waals surface area contributed by atoms with E-state index in [2.05, 4.69) is 15.6 Å². The number of rotatable bonds is 2. The number of guanidine groups is 1. The van der Waals surface area contributed by atoms with Crippen molar-refractivity contribution in [2.24, 2.45) is 10.9 Å². The summed E-state index contributed by atoms with van der Waals surface area (Å²) < 4.78 is 0. The van der Waals surface area contributed by atoms with Gasteiger partial charge in [0, 0.05) is 6.04 Å². The fourth-order valence-electron chi connectivity index (χ4n) is 2.86. The molecule has 4 nitrogen and oxygen atoms in total. The van der Waals surface area contributed by atoms with Crippen LogP contribution in [0.4, 0.5) is 0 Å². The first kappa shape index (κ1) is 11.1. The Hall–Kier alpha value is -1.06. The van der Waals surface area contributed by atoms with E-state index in [-0.39, 0.29) is 11.9 Å². The Morgan fingerprint density at radius 3 is 2.41 bits per heavy atom.